The monoisotopic (exact) mass is 495 g/mol. The maximum absolute atomic E-state index is 10.9. The standard InChI is InChI=1S/C25H21N9O3/c1-37-20-12-8-18(9-13-20)29-24-30-23(28-17-6-10-19(11-7-17)34(35)36)31-25(32-24)33-27-15-16-14-26-22-5-3-2-4-21(16)22/h2-15,26H,1H3,(H3,28,29,30,31,32,33). The number of anilines is 5. The minimum absolute atomic E-state index is 0.0166. The van der Waals surface area contributed by atoms with Crippen molar-refractivity contribution in [3.8, 4) is 5.75 Å². The molecule has 0 amide bonds. The molecule has 0 unspecified atom stereocenters. The lowest BCUT2D eigenvalue weighted by Gasteiger charge is -2.10. The Labute approximate surface area is 210 Å². The fourth-order valence-electron chi connectivity index (χ4n) is 3.50. The molecule has 2 heterocycles. The highest BCUT2D eigenvalue weighted by molar-refractivity contribution is 5.99. The number of hydrogen-bond donors (Lipinski definition) is 4. The smallest absolute Gasteiger partial charge is 0.269 e. The first-order valence-electron chi connectivity index (χ1n) is 11.1. The van der Waals surface area contributed by atoms with Gasteiger partial charge in [-0.2, -0.15) is 20.1 Å². The largest absolute Gasteiger partial charge is 0.497 e. The minimum atomic E-state index is -0.461. The van der Waals surface area contributed by atoms with Crippen LogP contribution in [-0.2, 0) is 0 Å². The van der Waals surface area contributed by atoms with Crippen molar-refractivity contribution in [2.75, 3.05) is 23.2 Å². The second kappa shape index (κ2) is 10.4. The highest BCUT2D eigenvalue weighted by Crippen LogP contribution is 2.22. The number of nitro benzene ring substituents is 1. The van der Waals surface area contributed by atoms with E-state index in [0.29, 0.717) is 5.69 Å². The summed E-state index contributed by atoms with van der Waals surface area (Å²) < 4.78 is 5.20. The van der Waals surface area contributed by atoms with E-state index >= 15 is 0 Å². The summed E-state index contributed by atoms with van der Waals surface area (Å²) in [4.78, 5) is 26.9. The van der Waals surface area contributed by atoms with Crippen LogP contribution < -0.4 is 20.8 Å². The van der Waals surface area contributed by atoms with Gasteiger partial charge in [-0.25, -0.2) is 5.43 Å². The lowest BCUT2D eigenvalue weighted by molar-refractivity contribution is -0.384. The van der Waals surface area contributed by atoms with Crippen LogP contribution in [0.15, 0.2) is 84.1 Å². The second-order valence-electron chi connectivity index (χ2n) is 7.75. The molecule has 0 saturated carbocycles. The van der Waals surface area contributed by atoms with Crippen molar-refractivity contribution in [3.05, 3.63) is 94.7 Å². The van der Waals surface area contributed by atoms with Gasteiger partial charge in [0, 0.05) is 46.2 Å². The average Bonchev–Trinajstić information content (AvgIpc) is 3.32. The van der Waals surface area contributed by atoms with Gasteiger partial charge in [0.1, 0.15) is 5.75 Å². The van der Waals surface area contributed by atoms with Crippen LogP contribution in [0.2, 0.25) is 0 Å². The van der Waals surface area contributed by atoms with Crippen LogP contribution in [0.4, 0.5) is 34.9 Å². The molecule has 0 fully saturated rings. The summed E-state index contributed by atoms with van der Waals surface area (Å²) in [6.45, 7) is 0. The number of hydrazone groups is 1. The van der Waals surface area contributed by atoms with Gasteiger partial charge in [0.25, 0.3) is 5.69 Å². The number of rotatable bonds is 9. The molecule has 3 aromatic carbocycles. The molecule has 4 N–H and O–H groups in total. The zero-order chi connectivity index (χ0) is 25.6. The molecule has 184 valence electrons. The topological polar surface area (TPSA) is 155 Å². The average molecular weight is 496 g/mol. The van der Waals surface area contributed by atoms with Crippen LogP contribution in [0.25, 0.3) is 10.9 Å². The molecular weight excluding hydrogens is 474 g/mol. The van der Waals surface area contributed by atoms with Crippen molar-refractivity contribution >= 4 is 52.0 Å². The van der Waals surface area contributed by atoms with Gasteiger partial charge in [-0.1, -0.05) is 18.2 Å². The first-order chi connectivity index (χ1) is 18.1. The van der Waals surface area contributed by atoms with Crippen LogP contribution >= 0.6 is 0 Å². The summed E-state index contributed by atoms with van der Waals surface area (Å²) in [5, 5.41) is 22.4. The zero-order valence-corrected chi connectivity index (χ0v) is 19.5. The second-order valence-corrected chi connectivity index (χ2v) is 7.75. The zero-order valence-electron chi connectivity index (χ0n) is 19.5. The van der Waals surface area contributed by atoms with Crippen molar-refractivity contribution < 1.29 is 9.66 Å². The van der Waals surface area contributed by atoms with E-state index in [-0.39, 0.29) is 23.5 Å². The van der Waals surface area contributed by atoms with Gasteiger partial charge in [0.05, 0.1) is 18.2 Å². The normalized spacial score (nSPS) is 10.9. The molecule has 0 aliphatic heterocycles. The summed E-state index contributed by atoms with van der Waals surface area (Å²) in [6, 6.07) is 21.1. The summed E-state index contributed by atoms with van der Waals surface area (Å²) in [5.74, 6) is 1.38. The van der Waals surface area contributed by atoms with E-state index in [4.69, 9.17) is 4.74 Å². The van der Waals surface area contributed by atoms with Crippen LogP contribution in [0.1, 0.15) is 5.56 Å². The molecule has 5 aromatic rings. The van der Waals surface area contributed by atoms with Crippen molar-refractivity contribution in [3.63, 3.8) is 0 Å². The molecule has 0 saturated heterocycles. The summed E-state index contributed by atoms with van der Waals surface area (Å²) in [7, 11) is 1.60. The summed E-state index contributed by atoms with van der Waals surface area (Å²) >= 11 is 0. The molecule has 0 radical (unpaired) electrons. The number of benzene rings is 3. The van der Waals surface area contributed by atoms with E-state index in [2.05, 4.69) is 41.1 Å². The van der Waals surface area contributed by atoms with Crippen molar-refractivity contribution in [2.45, 2.75) is 0 Å². The number of methoxy groups -OCH3 is 1. The number of nitro groups is 1. The maximum Gasteiger partial charge on any atom is 0.269 e. The highest BCUT2D eigenvalue weighted by Gasteiger charge is 2.10. The summed E-state index contributed by atoms with van der Waals surface area (Å²) in [6.07, 6.45) is 3.53. The number of hydrogen-bond acceptors (Lipinski definition) is 10. The third-order valence-electron chi connectivity index (χ3n) is 5.31. The Morgan fingerprint density at radius 2 is 1.51 bits per heavy atom. The third-order valence-corrected chi connectivity index (χ3v) is 5.31. The number of H-pyrrole nitrogens is 1. The van der Waals surface area contributed by atoms with Gasteiger partial charge in [-0.15, -0.1) is 0 Å². The fraction of sp³-hybridized carbons (Fsp3) is 0.0400. The molecule has 2 aromatic heterocycles. The Balaban J connectivity index is 1.40. The van der Waals surface area contributed by atoms with Gasteiger partial charge in [0.15, 0.2) is 0 Å². The quantitative estimate of drug-likeness (QED) is 0.123. The Morgan fingerprint density at radius 3 is 2.16 bits per heavy atom. The first kappa shape index (κ1) is 23.2. The number of nitrogens with one attached hydrogen (secondary N) is 4. The molecule has 5 rings (SSSR count). The number of nitrogens with zero attached hydrogens (tertiary/aromatic N) is 5. The highest BCUT2D eigenvalue weighted by atomic mass is 16.6. The molecule has 0 aliphatic rings. The fourth-order valence-corrected chi connectivity index (χ4v) is 3.50. The molecule has 12 nitrogen and oxygen atoms in total. The van der Waals surface area contributed by atoms with Crippen LogP contribution in [0.3, 0.4) is 0 Å². The van der Waals surface area contributed by atoms with Gasteiger partial charge in [-0.05, 0) is 42.5 Å². The Bertz CT molecular complexity index is 1570. The number of ether oxygens (including phenoxy) is 1. The number of non-ortho nitro benzene ring substituents is 1. The predicted molar refractivity (Wildman–Crippen MR) is 142 cm³/mol. The molecule has 0 bridgehead atoms. The van der Waals surface area contributed by atoms with Crippen LogP contribution in [0, 0.1) is 10.1 Å². The number of aromatic amines is 1. The molecule has 37 heavy (non-hydrogen) atoms. The van der Waals surface area contributed by atoms with Crippen molar-refractivity contribution in [1.29, 1.82) is 0 Å². The maximum atomic E-state index is 10.9. The van der Waals surface area contributed by atoms with E-state index in [1.807, 2.05) is 54.7 Å². The summed E-state index contributed by atoms with van der Waals surface area (Å²) in [5.41, 5.74) is 6.04. The lowest BCUT2D eigenvalue weighted by Crippen LogP contribution is -2.07. The molecule has 0 spiro atoms. The lowest BCUT2D eigenvalue weighted by atomic mass is 10.2. The predicted octanol–water partition coefficient (Wildman–Crippen LogP) is 5.20. The molecule has 0 atom stereocenters. The number of aromatic nitrogens is 4. The van der Waals surface area contributed by atoms with E-state index in [1.54, 1.807) is 25.5 Å². The van der Waals surface area contributed by atoms with E-state index in [0.717, 1.165) is 27.9 Å². The number of para-hydroxylation sites is 1. The Hall–Kier alpha value is -5.52. The first-order valence-corrected chi connectivity index (χ1v) is 11.1. The number of fused-ring (bicyclic) bond motifs is 1. The van der Waals surface area contributed by atoms with Gasteiger partial charge in [-0.3, -0.25) is 10.1 Å². The van der Waals surface area contributed by atoms with Crippen molar-refractivity contribution in [1.82, 2.24) is 19.9 Å². The minimum Gasteiger partial charge on any atom is -0.497 e. The van der Waals surface area contributed by atoms with E-state index < -0.39 is 4.92 Å². The van der Waals surface area contributed by atoms with Crippen LogP contribution in [-0.4, -0.2) is 38.2 Å². The molecule has 0 aliphatic carbocycles. The van der Waals surface area contributed by atoms with Crippen LogP contribution in [0.5, 0.6) is 5.75 Å². The SMILES string of the molecule is COc1ccc(Nc2nc(NN=Cc3c[nH]c4ccccc34)nc(Nc3ccc([N+](=O)[O-])cc3)n2)cc1. The molecule has 12 heteroatoms. The Morgan fingerprint density at radius 1 is 0.892 bits per heavy atom. The van der Waals surface area contributed by atoms with Gasteiger partial charge < -0.3 is 20.4 Å². The third kappa shape index (κ3) is 5.59. The Kier molecular flexibility index (Phi) is 6.53. The van der Waals surface area contributed by atoms with E-state index in [9.17, 15) is 10.1 Å². The van der Waals surface area contributed by atoms with E-state index in [1.165, 1.54) is 12.1 Å². The van der Waals surface area contributed by atoms with Gasteiger partial charge in [0.2, 0.25) is 17.8 Å². The molecular formula is C25H21N9O3. The van der Waals surface area contributed by atoms with Gasteiger partial charge >= 0.3 is 0 Å². The van der Waals surface area contributed by atoms with Crippen molar-refractivity contribution in [2.24, 2.45) is 5.10 Å².